The third-order valence-electron chi connectivity index (χ3n) is 6.89. The minimum Gasteiger partial charge on any atom is -0.384 e. The molecule has 182 valence electrons. The number of piperidine rings is 1. The van der Waals surface area contributed by atoms with E-state index in [1.54, 1.807) is 23.4 Å². The van der Waals surface area contributed by atoms with Gasteiger partial charge in [-0.25, -0.2) is 9.37 Å². The maximum atomic E-state index is 14.5. The number of halogens is 1. The summed E-state index contributed by atoms with van der Waals surface area (Å²) in [7, 11) is 1.54. The molecule has 2 aliphatic heterocycles. The summed E-state index contributed by atoms with van der Waals surface area (Å²) >= 11 is 0. The Labute approximate surface area is 198 Å². The van der Waals surface area contributed by atoms with Crippen LogP contribution in [0.4, 0.5) is 15.9 Å². The average molecular weight is 470 g/mol. The predicted octanol–water partition coefficient (Wildman–Crippen LogP) is 3.48. The highest BCUT2D eigenvalue weighted by Crippen LogP contribution is 2.33. The number of aryl methyl sites for hydroxylation is 1. The van der Waals surface area contributed by atoms with Crippen LogP contribution in [-0.2, 0) is 11.2 Å². The van der Waals surface area contributed by atoms with Gasteiger partial charge < -0.3 is 14.5 Å². The van der Waals surface area contributed by atoms with Gasteiger partial charge in [-0.3, -0.25) is 19.6 Å². The third kappa shape index (κ3) is 4.89. The van der Waals surface area contributed by atoms with Crippen LogP contribution in [0.15, 0.2) is 30.6 Å². The first-order valence-electron chi connectivity index (χ1n) is 11.9. The van der Waals surface area contributed by atoms with E-state index in [1.165, 1.54) is 11.7 Å². The van der Waals surface area contributed by atoms with Gasteiger partial charge in [0.15, 0.2) is 0 Å². The van der Waals surface area contributed by atoms with Gasteiger partial charge in [-0.15, -0.1) is 0 Å². The lowest BCUT2D eigenvalue weighted by molar-refractivity contribution is 0.0419. The molecule has 4 rings (SSSR count). The van der Waals surface area contributed by atoms with Gasteiger partial charge >= 0.3 is 0 Å². The minimum absolute atomic E-state index is 0.0960. The first-order chi connectivity index (χ1) is 16.3. The van der Waals surface area contributed by atoms with Crippen molar-refractivity contribution in [2.75, 3.05) is 38.3 Å². The highest BCUT2D eigenvalue weighted by atomic mass is 19.1. The standard InChI is InChI=1S/C25H32FN5O3/c1-3-25(26)8-12-29(13-9-25)24(33)19-15-18-5-4-10-30(23(18)28-17-19)20-6-11-31(21(27)16-20)22(32)7-14-34-2/h6,11,15-17,27H,3-5,7-10,12-14H2,1-2H3. The summed E-state index contributed by atoms with van der Waals surface area (Å²) in [4.78, 5) is 33.7. The zero-order valence-corrected chi connectivity index (χ0v) is 19.8. The van der Waals surface area contributed by atoms with Crippen molar-refractivity contribution in [3.63, 3.8) is 0 Å². The second-order valence-electron chi connectivity index (χ2n) is 9.04. The van der Waals surface area contributed by atoms with E-state index in [4.69, 9.17) is 10.1 Å². The zero-order valence-electron chi connectivity index (χ0n) is 19.8. The van der Waals surface area contributed by atoms with Gasteiger partial charge in [0.1, 0.15) is 17.0 Å². The van der Waals surface area contributed by atoms with Gasteiger partial charge in [-0.05, 0) is 49.8 Å². The summed E-state index contributed by atoms with van der Waals surface area (Å²) in [6.45, 7) is 3.74. The van der Waals surface area contributed by atoms with Gasteiger partial charge in [0, 0.05) is 50.9 Å². The molecule has 4 heterocycles. The van der Waals surface area contributed by atoms with Gasteiger partial charge in [0.2, 0.25) is 5.91 Å². The minimum atomic E-state index is -1.16. The molecule has 2 aromatic rings. The second kappa shape index (κ2) is 10.0. The molecular weight excluding hydrogens is 437 g/mol. The molecule has 0 aromatic carbocycles. The molecule has 1 fully saturated rings. The number of hydrogen-bond donors (Lipinski definition) is 1. The molecule has 34 heavy (non-hydrogen) atoms. The van der Waals surface area contributed by atoms with Crippen LogP contribution in [0.2, 0.25) is 0 Å². The summed E-state index contributed by atoms with van der Waals surface area (Å²) in [5, 5.41) is 8.30. The van der Waals surface area contributed by atoms with Crippen molar-refractivity contribution in [2.24, 2.45) is 0 Å². The number of methoxy groups -OCH3 is 1. The van der Waals surface area contributed by atoms with Crippen molar-refractivity contribution in [3.8, 4) is 0 Å². The topological polar surface area (TPSA) is 91.5 Å². The first-order valence-corrected chi connectivity index (χ1v) is 11.9. The number of nitrogens with zero attached hydrogens (tertiary/aromatic N) is 4. The Bertz CT molecular complexity index is 1120. The number of fused-ring (bicyclic) bond motifs is 1. The lowest BCUT2D eigenvalue weighted by Crippen LogP contribution is -2.44. The van der Waals surface area contributed by atoms with Crippen molar-refractivity contribution in [3.05, 3.63) is 47.2 Å². The number of pyridine rings is 2. The molecule has 2 aliphatic rings. The average Bonchev–Trinajstić information content (AvgIpc) is 2.86. The Hall–Kier alpha value is -3.07. The molecule has 0 aliphatic carbocycles. The van der Waals surface area contributed by atoms with Crippen LogP contribution in [0.1, 0.15) is 59.7 Å². The third-order valence-corrected chi connectivity index (χ3v) is 6.89. The maximum absolute atomic E-state index is 14.5. The monoisotopic (exact) mass is 469 g/mol. The predicted molar refractivity (Wildman–Crippen MR) is 126 cm³/mol. The number of ether oxygens (including phenoxy) is 1. The zero-order chi connectivity index (χ0) is 24.3. The Balaban J connectivity index is 1.52. The van der Waals surface area contributed by atoms with Crippen molar-refractivity contribution in [1.82, 2.24) is 14.5 Å². The van der Waals surface area contributed by atoms with Gasteiger partial charge in [-0.2, -0.15) is 0 Å². The van der Waals surface area contributed by atoms with E-state index in [1.807, 2.05) is 24.0 Å². The Morgan fingerprint density at radius 1 is 1.24 bits per heavy atom. The number of carbonyl (C=O) groups is 2. The number of nitrogens with one attached hydrogen (secondary N) is 1. The van der Waals surface area contributed by atoms with Crippen molar-refractivity contribution in [2.45, 2.75) is 51.1 Å². The molecule has 0 bridgehead atoms. The van der Waals surface area contributed by atoms with E-state index in [0.717, 1.165) is 36.5 Å². The molecule has 1 amide bonds. The van der Waals surface area contributed by atoms with Crippen LogP contribution in [0.5, 0.6) is 0 Å². The molecule has 8 nitrogen and oxygen atoms in total. The molecule has 1 saturated heterocycles. The van der Waals surface area contributed by atoms with E-state index >= 15 is 0 Å². The lowest BCUT2D eigenvalue weighted by Gasteiger charge is -2.36. The lowest BCUT2D eigenvalue weighted by atomic mass is 9.90. The van der Waals surface area contributed by atoms with E-state index in [0.29, 0.717) is 44.5 Å². The largest absolute Gasteiger partial charge is 0.384 e. The number of amides is 1. The summed E-state index contributed by atoms with van der Waals surface area (Å²) in [5.74, 6) is 0.466. The quantitative estimate of drug-likeness (QED) is 0.700. The Morgan fingerprint density at radius 2 is 2.00 bits per heavy atom. The molecule has 1 N–H and O–H groups in total. The van der Waals surface area contributed by atoms with Gasteiger partial charge in [-0.1, -0.05) is 6.92 Å². The molecule has 2 aromatic heterocycles. The number of alkyl halides is 1. The summed E-state index contributed by atoms with van der Waals surface area (Å²) in [6.07, 6.45) is 6.32. The highest BCUT2D eigenvalue weighted by molar-refractivity contribution is 5.94. The van der Waals surface area contributed by atoms with E-state index < -0.39 is 5.67 Å². The highest BCUT2D eigenvalue weighted by Gasteiger charge is 2.34. The summed E-state index contributed by atoms with van der Waals surface area (Å²) in [6, 6.07) is 5.36. The maximum Gasteiger partial charge on any atom is 0.255 e. The van der Waals surface area contributed by atoms with Crippen molar-refractivity contribution >= 4 is 23.3 Å². The van der Waals surface area contributed by atoms with Crippen LogP contribution in [0.25, 0.3) is 0 Å². The van der Waals surface area contributed by atoms with Crippen LogP contribution in [-0.4, -0.2) is 65.3 Å². The number of aromatic nitrogens is 2. The number of carbonyl (C=O) groups excluding carboxylic acids is 2. The van der Waals surface area contributed by atoms with Crippen molar-refractivity contribution in [1.29, 1.82) is 5.41 Å². The number of hydrogen-bond acceptors (Lipinski definition) is 6. The van der Waals surface area contributed by atoms with Crippen LogP contribution in [0, 0.1) is 5.41 Å². The molecule has 0 radical (unpaired) electrons. The summed E-state index contributed by atoms with van der Waals surface area (Å²) in [5.41, 5.74) is 1.22. The summed E-state index contributed by atoms with van der Waals surface area (Å²) < 4.78 is 20.8. The first kappa shape index (κ1) is 24.1. The smallest absolute Gasteiger partial charge is 0.255 e. The van der Waals surface area contributed by atoms with E-state index in [-0.39, 0.29) is 23.7 Å². The fourth-order valence-corrected chi connectivity index (χ4v) is 4.66. The second-order valence-corrected chi connectivity index (χ2v) is 9.04. The van der Waals surface area contributed by atoms with Crippen molar-refractivity contribution < 1.29 is 18.7 Å². The van der Waals surface area contributed by atoms with Crippen LogP contribution < -0.4 is 10.4 Å². The van der Waals surface area contributed by atoms with Crippen LogP contribution in [0.3, 0.4) is 0 Å². The van der Waals surface area contributed by atoms with Crippen LogP contribution >= 0.6 is 0 Å². The molecule has 9 heteroatoms. The number of rotatable bonds is 6. The van der Waals surface area contributed by atoms with Gasteiger partial charge in [0.25, 0.3) is 5.91 Å². The fraction of sp³-hybridized carbons (Fsp3) is 0.520. The molecule has 0 saturated carbocycles. The normalized spacial score (nSPS) is 17.4. The number of likely N-dealkylation sites (tertiary alicyclic amines) is 1. The number of anilines is 2. The van der Waals surface area contributed by atoms with E-state index in [2.05, 4.69) is 4.98 Å². The SMILES string of the molecule is CCC1(F)CCN(C(=O)c2cnc3c(c2)CCCN3c2ccn(C(=O)CCOC)c(=N)c2)CC1. The van der Waals surface area contributed by atoms with E-state index in [9.17, 15) is 14.0 Å². The molecule has 0 atom stereocenters. The Kier molecular flexibility index (Phi) is 7.11. The van der Waals surface area contributed by atoms with Gasteiger partial charge in [0.05, 0.1) is 18.6 Å². The molecule has 0 unspecified atom stereocenters. The fourth-order valence-electron chi connectivity index (χ4n) is 4.66. The molecule has 0 spiro atoms. The molecular formula is C25H32FN5O3. The Morgan fingerprint density at radius 3 is 2.68 bits per heavy atom.